The van der Waals surface area contributed by atoms with Crippen molar-refractivity contribution >= 4 is 5.78 Å². The summed E-state index contributed by atoms with van der Waals surface area (Å²) < 4.78 is 0. The average molecular weight is 152 g/mol. The van der Waals surface area contributed by atoms with Crippen molar-refractivity contribution in [3.63, 3.8) is 0 Å². The predicted molar refractivity (Wildman–Crippen MR) is 42.1 cm³/mol. The van der Waals surface area contributed by atoms with Crippen molar-refractivity contribution in [1.29, 1.82) is 0 Å². The van der Waals surface area contributed by atoms with Gasteiger partial charge in [0.05, 0.1) is 0 Å². The van der Waals surface area contributed by atoms with Crippen molar-refractivity contribution in [2.75, 3.05) is 19.6 Å². The average Bonchev–Trinajstić information content (AvgIpc) is 2.29. The Hall–Kier alpha value is -0.830. The van der Waals surface area contributed by atoms with Crippen LogP contribution in [0.2, 0.25) is 0 Å². The van der Waals surface area contributed by atoms with Gasteiger partial charge in [-0.05, 0) is 13.0 Å². The first kappa shape index (κ1) is 6.85. The van der Waals surface area contributed by atoms with Gasteiger partial charge in [0.15, 0.2) is 5.78 Å². The van der Waals surface area contributed by atoms with Gasteiger partial charge in [0, 0.05) is 25.8 Å². The van der Waals surface area contributed by atoms with E-state index in [9.17, 15) is 4.79 Å². The number of piperazine rings is 1. The lowest BCUT2D eigenvalue weighted by Gasteiger charge is -2.39. The van der Waals surface area contributed by atoms with E-state index in [1.54, 1.807) is 6.08 Å². The van der Waals surface area contributed by atoms with Gasteiger partial charge in [0.1, 0.15) is 5.54 Å². The topological polar surface area (TPSA) is 32.3 Å². The summed E-state index contributed by atoms with van der Waals surface area (Å²) in [6.45, 7) is 4.69. The first-order valence-corrected chi connectivity index (χ1v) is 3.93. The molecular weight excluding hydrogens is 140 g/mol. The van der Waals surface area contributed by atoms with Crippen molar-refractivity contribution in [2.24, 2.45) is 0 Å². The third-order valence-electron chi connectivity index (χ3n) is 2.57. The zero-order valence-corrected chi connectivity index (χ0v) is 6.63. The molecule has 0 aromatic heterocycles. The Morgan fingerprint density at radius 1 is 1.73 bits per heavy atom. The minimum Gasteiger partial charge on any atom is -0.362 e. The number of hydrogen-bond donors (Lipinski definition) is 1. The largest absolute Gasteiger partial charge is 0.362 e. The van der Waals surface area contributed by atoms with E-state index in [4.69, 9.17) is 0 Å². The minimum absolute atomic E-state index is 0.227. The van der Waals surface area contributed by atoms with Crippen molar-refractivity contribution < 1.29 is 4.79 Å². The number of carbonyl (C=O) groups excluding carboxylic acids is 1. The predicted octanol–water partition coefficient (Wildman–Crippen LogP) is -0.253. The second-order valence-corrected chi connectivity index (χ2v) is 3.32. The van der Waals surface area contributed by atoms with Crippen molar-refractivity contribution in [3.05, 3.63) is 12.3 Å². The molecule has 1 atom stereocenters. The van der Waals surface area contributed by atoms with Crippen LogP contribution in [0, 0.1) is 0 Å². The van der Waals surface area contributed by atoms with Gasteiger partial charge in [0.2, 0.25) is 0 Å². The van der Waals surface area contributed by atoms with Crippen LogP contribution in [-0.4, -0.2) is 35.9 Å². The molecule has 2 aliphatic rings. The normalized spacial score (nSPS) is 36.1. The van der Waals surface area contributed by atoms with Crippen molar-refractivity contribution in [2.45, 2.75) is 12.5 Å². The van der Waals surface area contributed by atoms with Crippen LogP contribution in [0.5, 0.6) is 0 Å². The molecule has 2 rings (SSSR count). The van der Waals surface area contributed by atoms with Crippen LogP contribution < -0.4 is 5.32 Å². The van der Waals surface area contributed by atoms with E-state index in [1.165, 1.54) is 0 Å². The zero-order chi connectivity index (χ0) is 7.90. The van der Waals surface area contributed by atoms with Crippen LogP contribution in [0.1, 0.15) is 6.92 Å². The highest BCUT2D eigenvalue weighted by Crippen LogP contribution is 2.24. The summed E-state index contributed by atoms with van der Waals surface area (Å²) in [6, 6.07) is 0. The van der Waals surface area contributed by atoms with E-state index in [0.29, 0.717) is 0 Å². The summed E-state index contributed by atoms with van der Waals surface area (Å²) in [4.78, 5) is 13.5. The fourth-order valence-corrected chi connectivity index (χ4v) is 1.68. The highest BCUT2D eigenvalue weighted by atomic mass is 16.1. The molecule has 0 bridgehead atoms. The molecule has 3 heteroatoms. The van der Waals surface area contributed by atoms with Crippen molar-refractivity contribution in [1.82, 2.24) is 10.2 Å². The molecule has 0 spiro atoms. The minimum atomic E-state index is -0.280. The third kappa shape index (κ3) is 0.807. The second-order valence-electron chi connectivity index (χ2n) is 3.32. The molecule has 60 valence electrons. The molecule has 1 unspecified atom stereocenters. The molecule has 1 saturated heterocycles. The smallest absolute Gasteiger partial charge is 0.183 e. The summed E-state index contributed by atoms with van der Waals surface area (Å²) in [5, 5.41) is 3.22. The fourth-order valence-electron chi connectivity index (χ4n) is 1.68. The second kappa shape index (κ2) is 2.08. The lowest BCUT2D eigenvalue weighted by molar-refractivity contribution is -0.122. The van der Waals surface area contributed by atoms with Crippen LogP contribution in [0.15, 0.2) is 12.3 Å². The summed E-state index contributed by atoms with van der Waals surface area (Å²) in [5.74, 6) is 0.227. The molecule has 0 radical (unpaired) electrons. The Morgan fingerprint density at radius 2 is 2.55 bits per heavy atom. The molecule has 2 aliphatic heterocycles. The van der Waals surface area contributed by atoms with Crippen LogP contribution >= 0.6 is 0 Å². The van der Waals surface area contributed by atoms with Crippen LogP contribution in [0.25, 0.3) is 0 Å². The monoisotopic (exact) mass is 152 g/mol. The molecule has 3 nitrogen and oxygen atoms in total. The van der Waals surface area contributed by atoms with Gasteiger partial charge < -0.3 is 10.2 Å². The Kier molecular flexibility index (Phi) is 1.29. The molecule has 0 aliphatic carbocycles. The van der Waals surface area contributed by atoms with Gasteiger partial charge in [-0.25, -0.2) is 0 Å². The Labute approximate surface area is 66.1 Å². The number of fused-ring (bicyclic) bond motifs is 1. The van der Waals surface area contributed by atoms with Crippen molar-refractivity contribution in [3.8, 4) is 0 Å². The number of rotatable bonds is 0. The number of carbonyl (C=O) groups is 1. The Morgan fingerprint density at radius 3 is 3.27 bits per heavy atom. The highest BCUT2D eigenvalue weighted by Gasteiger charge is 2.41. The van der Waals surface area contributed by atoms with Gasteiger partial charge >= 0.3 is 0 Å². The highest BCUT2D eigenvalue weighted by molar-refractivity contribution is 6.00. The molecule has 0 aromatic rings. The molecular formula is C8H12N2O. The molecule has 0 aromatic carbocycles. The van der Waals surface area contributed by atoms with Crippen LogP contribution in [-0.2, 0) is 4.79 Å². The standard InChI is InChI=1S/C8H12N2O/c1-8-6-9-3-5-10(8)4-2-7(8)11/h2,4,9H,3,5-6H2,1H3. The maximum absolute atomic E-state index is 11.4. The first-order valence-electron chi connectivity index (χ1n) is 3.93. The molecule has 0 saturated carbocycles. The Balaban J connectivity index is 2.28. The van der Waals surface area contributed by atoms with Crippen LogP contribution in [0.4, 0.5) is 0 Å². The maximum atomic E-state index is 11.4. The summed E-state index contributed by atoms with van der Waals surface area (Å²) in [7, 11) is 0. The van der Waals surface area contributed by atoms with E-state index in [0.717, 1.165) is 19.6 Å². The summed E-state index contributed by atoms with van der Waals surface area (Å²) >= 11 is 0. The fraction of sp³-hybridized carbons (Fsp3) is 0.625. The van der Waals surface area contributed by atoms with E-state index in [1.807, 2.05) is 13.1 Å². The lowest BCUT2D eigenvalue weighted by atomic mass is 9.96. The summed E-state index contributed by atoms with van der Waals surface area (Å²) in [6.07, 6.45) is 3.58. The van der Waals surface area contributed by atoms with Gasteiger partial charge in [-0.15, -0.1) is 0 Å². The summed E-state index contributed by atoms with van der Waals surface area (Å²) in [5.41, 5.74) is -0.280. The zero-order valence-electron chi connectivity index (χ0n) is 6.63. The first-order chi connectivity index (χ1) is 5.23. The van der Waals surface area contributed by atoms with E-state index < -0.39 is 0 Å². The number of nitrogens with one attached hydrogen (secondary N) is 1. The lowest BCUT2D eigenvalue weighted by Crippen LogP contribution is -2.58. The quantitative estimate of drug-likeness (QED) is 0.519. The molecule has 1 fully saturated rings. The van der Waals surface area contributed by atoms with Gasteiger partial charge in [-0.2, -0.15) is 0 Å². The molecule has 2 heterocycles. The number of hydrogen-bond acceptors (Lipinski definition) is 3. The van der Waals surface area contributed by atoms with E-state index in [-0.39, 0.29) is 11.3 Å². The Bertz CT molecular complexity index is 224. The van der Waals surface area contributed by atoms with E-state index in [2.05, 4.69) is 10.2 Å². The molecule has 11 heavy (non-hydrogen) atoms. The van der Waals surface area contributed by atoms with Crippen LogP contribution in [0.3, 0.4) is 0 Å². The van der Waals surface area contributed by atoms with Gasteiger partial charge in [-0.1, -0.05) is 0 Å². The number of nitrogens with zero attached hydrogens (tertiary/aromatic N) is 1. The maximum Gasteiger partial charge on any atom is 0.183 e. The molecule has 0 amide bonds. The number of ketones is 1. The SMILES string of the molecule is CC12CNCCN1C=CC2=O. The molecule has 1 N–H and O–H groups in total. The third-order valence-corrected chi connectivity index (χ3v) is 2.57. The van der Waals surface area contributed by atoms with Gasteiger partial charge in [0.25, 0.3) is 0 Å². The van der Waals surface area contributed by atoms with Gasteiger partial charge in [-0.3, -0.25) is 4.79 Å². The van der Waals surface area contributed by atoms with E-state index >= 15 is 0 Å².